The lowest BCUT2D eigenvalue weighted by atomic mass is 10.1. The molecule has 214 valence electrons. The molecular formula is C30H34N6O4S. The van der Waals surface area contributed by atoms with Crippen molar-refractivity contribution in [2.45, 2.75) is 44.4 Å². The van der Waals surface area contributed by atoms with E-state index in [-0.39, 0.29) is 41.9 Å². The second kappa shape index (κ2) is 11.9. The van der Waals surface area contributed by atoms with Gasteiger partial charge in [-0.2, -0.15) is 0 Å². The molecule has 0 radical (unpaired) electrons. The molecule has 1 fully saturated rings. The molecule has 0 saturated carbocycles. The Kier molecular flexibility index (Phi) is 8.30. The fraction of sp³-hybridized carbons (Fsp3) is 0.333. The number of ether oxygens (including phenoxy) is 1. The third kappa shape index (κ3) is 6.53. The van der Waals surface area contributed by atoms with E-state index in [9.17, 15) is 14.1 Å². The highest BCUT2D eigenvalue weighted by Crippen LogP contribution is 2.24. The minimum atomic E-state index is -3.19. The van der Waals surface area contributed by atoms with Crippen LogP contribution in [-0.4, -0.2) is 67.8 Å². The summed E-state index contributed by atoms with van der Waals surface area (Å²) in [5.41, 5.74) is 3.81. The molecule has 41 heavy (non-hydrogen) atoms. The molecule has 1 aliphatic heterocycles. The van der Waals surface area contributed by atoms with E-state index in [0.717, 1.165) is 41.2 Å². The summed E-state index contributed by atoms with van der Waals surface area (Å²) in [5.74, 6) is 0.337. The maximum Gasteiger partial charge on any atom is 0.251 e. The highest BCUT2D eigenvalue weighted by molar-refractivity contribution is 7.92. The number of hydrogen-bond acceptors (Lipinski definition) is 9. The zero-order valence-electron chi connectivity index (χ0n) is 23.3. The second-order valence-electron chi connectivity index (χ2n) is 10.4. The molecule has 0 spiro atoms. The van der Waals surface area contributed by atoms with Gasteiger partial charge in [-0.1, -0.05) is 12.1 Å². The number of aliphatic hydroxyl groups excluding tert-OH is 1. The first kappa shape index (κ1) is 28.6. The summed E-state index contributed by atoms with van der Waals surface area (Å²) in [5, 5.41) is 12.9. The van der Waals surface area contributed by atoms with Gasteiger partial charge in [-0.25, -0.2) is 19.0 Å². The number of carbonyl (C=O) groups is 1. The fourth-order valence-corrected chi connectivity index (χ4v) is 6.39. The van der Waals surface area contributed by atoms with Crippen molar-refractivity contribution >= 4 is 32.4 Å². The lowest BCUT2D eigenvalue weighted by Crippen LogP contribution is -2.45. The minimum Gasteiger partial charge on any atom is -0.395 e. The average Bonchev–Trinajstić information content (AvgIpc) is 2.95. The van der Waals surface area contributed by atoms with E-state index >= 15 is 0 Å². The highest BCUT2D eigenvalue weighted by atomic mass is 32.2. The number of amides is 1. The summed E-state index contributed by atoms with van der Waals surface area (Å²) in [6.07, 6.45) is 1.99. The topological polar surface area (TPSA) is 141 Å². The minimum absolute atomic E-state index is 0.132. The number of nitrogens with one attached hydrogen (secondary N) is 2. The van der Waals surface area contributed by atoms with Gasteiger partial charge in [-0.05, 0) is 68.8 Å². The Morgan fingerprint density at radius 3 is 2.61 bits per heavy atom. The number of nitrogens with zero attached hydrogens (tertiary/aromatic N) is 4. The molecule has 1 aliphatic rings. The summed E-state index contributed by atoms with van der Waals surface area (Å²) in [6, 6.07) is 16.4. The van der Waals surface area contributed by atoms with Crippen LogP contribution in [0.1, 0.15) is 35.5 Å². The standard InChI is InChI=1S/C30H34N6O4S/c1-19-7-8-22(13-28(19)41(31,39)12-11-37)30(38)33-16-24-14-27-23(15-32-24)9-10-26(34-27)25-5-4-6-29(35-25)36-17-20(2)40-21(3)18-36/h4-10,13-15,20-21,31,37H,11-12,16-18H2,1-3H3,(H,33,38)/t20-,21+,41-/m0/s1. The van der Waals surface area contributed by atoms with Gasteiger partial charge in [0.2, 0.25) is 0 Å². The third-order valence-electron chi connectivity index (χ3n) is 6.99. The number of aryl methyl sites for hydroxylation is 1. The molecule has 4 heterocycles. The van der Waals surface area contributed by atoms with Crippen LogP contribution in [0.4, 0.5) is 5.82 Å². The largest absolute Gasteiger partial charge is 0.395 e. The van der Waals surface area contributed by atoms with Gasteiger partial charge in [-0.15, -0.1) is 0 Å². The van der Waals surface area contributed by atoms with Crippen LogP contribution in [0, 0.1) is 11.7 Å². The molecule has 1 amide bonds. The van der Waals surface area contributed by atoms with Crippen LogP contribution < -0.4 is 10.2 Å². The smallest absolute Gasteiger partial charge is 0.251 e. The number of morpholine rings is 1. The number of aliphatic hydroxyl groups is 1. The van der Waals surface area contributed by atoms with Crippen LogP contribution in [0.2, 0.25) is 0 Å². The number of rotatable bonds is 8. The van der Waals surface area contributed by atoms with Crippen molar-refractivity contribution in [3.05, 3.63) is 77.6 Å². The van der Waals surface area contributed by atoms with E-state index in [1.165, 1.54) is 6.07 Å². The lowest BCUT2D eigenvalue weighted by molar-refractivity contribution is -0.00545. The van der Waals surface area contributed by atoms with Gasteiger partial charge in [0.25, 0.3) is 5.91 Å². The molecule has 0 unspecified atom stereocenters. The Bertz CT molecular complexity index is 1680. The Morgan fingerprint density at radius 1 is 1.10 bits per heavy atom. The van der Waals surface area contributed by atoms with E-state index in [2.05, 4.69) is 29.0 Å². The van der Waals surface area contributed by atoms with Crippen molar-refractivity contribution in [3.8, 4) is 11.4 Å². The first-order valence-electron chi connectivity index (χ1n) is 13.5. The first-order valence-corrected chi connectivity index (χ1v) is 15.3. The summed E-state index contributed by atoms with van der Waals surface area (Å²) in [4.78, 5) is 29.6. The number of aromatic nitrogens is 3. The first-order chi connectivity index (χ1) is 19.6. The van der Waals surface area contributed by atoms with Crippen molar-refractivity contribution in [1.29, 1.82) is 4.78 Å². The maximum atomic E-state index is 12.9. The van der Waals surface area contributed by atoms with Crippen molar-refractivity contribution in [2.24, 2.45) is 0 Å². The molecule has 1 saturated heterocycles. The fourth-order valence-electron chi connectivity index (χ4n) is 5.01. The number of pyridine rings is 3. The van der Waals surface area contributed by atoms with Gasteiger partial charge < -0.3 is 20.1 Å². The van der Waals surface area contributed by atoms with E-state index in [1.807, 2.05) is 36.4 Å². The van der Waals surface area contributed by atoms with Crippen LogP contribution >= 0.6 is 0 Å². The van der Waals surface area contributed by atoms with Crippen molar-refractivity contribution in [3.63, 3.8) is 0 Å². The normalized spacial score (nSPS) is 18.7. The van der Waals surface area contributed by atoms with E-state index < -0.39 is 9.73 Å². The molecule has 3 N–H and O–H groups in total. The molecule has 4 aromatic rings. The number of anilines is 1. The van der Waals surface area contributed by atoms with Gasteiger partial charge in [0.15, 0.2) is 0 Å². The molecule has 1 aromatic carbocycles. The van der Waals surface area contributed by atoms with Crippen LogP contribution in [0.25, 0.3) is 22.3 Å². The lowest BCUT2D eigenvalue weighted by Gasteiger charge is -2.36. The Labute approximate surface area is 239 Å². The van der Waals surface area contributed by atoms with Gasteiger partial charge in [0, 0.05) is 30.2 Å². The molecule has 0 aliphatic carbocycles. The van der Waals surface area contributed by atoms with Crippen LogP contribution in [-0.2, 0) is 21.0 Å². The summed E-state index contributed by atoms with van der Waals surface area (Å²) < 4.78 is 26.7. The monoisotopic (exact) mass is 574 g/mol. The Hall–Kier alpha value is -3.93. The average molecular weight is 575 g/mol. The van der Waals surface area contributed by atoms with Gasteiger partial charge >= 0.3 is 0 Å². The Morgan fingerprint density at radius 2 is 1.85 bits per heavy atom. The molecule has 5 rings (SSSR count). The van der Waals surface area contributed by atoms with Gasteiger partial charge in [0.1, 0.15) is 5.82 Å². The van der Waals surface area contributed by atoms with Crippen LogP contribution in [0.5, 0.6) is 0 Å². The zero-order chi connectivity index (χ0) is 29.1. The highest BCUT2D eigenvalue weighted by Gasteiger charge is 2.23. The van der Waals surface area contributed by atoms with E-state index in [0.29, 0.717) is 16.8 Å². The summed E-state index contributed by atoms with van der Waals surface area (Å²) in [7, 11) is -3.19. The van der Waals surface area contributed by atoms with Crippen molar-refractivity contribution in [1.82, 2.24) is 20.3 Å². The molecule has 10 nitrogen and oxygen atoms in total. The SMILES string of the molecule is Cc1ccc(C(=O)NCc2cc3nc(-c4cccc(N5C[C@@H](C)O[C@@H](C)C5)n4)ccc3cn2)cc1[S@@](=N)(=O)CCO. The number of hydrogen-bond donors (Lipinski definition) is 3. The number of fused-ring (bicyclic) bond motifs is 1. The predicted molar refractivity (Wildman–Crippen MR) is 158 cm³/mol. The van der Waals surface area contributed by atoms with Crippen molar-refractivity contribution in [2.75, 3.05) is 30.3 Å². The Balaban J connectivity index is 1.33. The van der Waals surface area contributed by atoms with Gasteiger partial charge in [-0.3, -0.25) is 9.78 Å². The maximum absolute atomic E-state index is 12.9. The summed E-state index contributed by atoms with van der Waals surface area (Å²) >= 11 is 0. The number of carbonyl (C=O) groups excluding carboxylic acids is 1. The van der Waals surface area contributed by atoms with Crippen LogP contribution in [0.15, 0.2) is 65.7 Å². The van der Waals surface area contributed by atoms with E-state index in [1.54, 1.807) is 25.3 Å². The summed E-state index contributed by atoms with van der Waals surface area (Å²) in [6.45, 7) is 7.23. The van der Waals surface area contributed by atoms with Gasteiger partial charge in [0.05, 0.1) is 68.3 Å². The number of benzene rings is 1. The van der Waals surface area contributed by atoms with Crippen molar-refractivity contribution < 1.29 is 18.8 Å². The van der Waals surface area contributed by atoms with E-state index in [4.69, 9.17) is 19.5 Å². The molecule has 0 bridgehead atoms. The quantitative estimate of drug-likeness (QED) is 0.287. The molecular weight excluding hydrogens is 540 g/mol. The molecule has 3 atom stereocenters. The molecule has 11 heteroatoms. The second-order valence-corrected chi connectivity index (χ2v) is 12.6. The predicted octanol–water partition coefficient (Wildman–Crippen LogP) is 3.94. The third-order valence-corrected chi connectivity index (χ3v) is 8.89. The van der Waals surface area contributed by atoms with Crippen LogP contribution in [0.3, 0.4) is 0 Å². The molecule has 3 aromatic heterocycles. The zero-order valence-corrected chi connectivity index (χ0v) is 24.1.